The van der Waals surface area contributed by atoms with E-state index in [0.29, 0.717) is 17.8 Å². The quantitative estimate of drug-likeness (QED) is 0.657. The maximum absolute atomic E-state index is 12.9. The normalized spacial score (nSPS) is 10.7. The van der Waals surface area contributed by atoms with Gasteiger partial charge in [-0.05, 0) is 44.4 Å². The molecule has 1 amide bonds. The van der Waals surface area contributed by atoms with Crippen LogP contribution in [0.15, 0.2) is 35.7 Å². The summed E-state index contributed by atoms with van der Waals surface area (Å²) in [5.74, 6) is 5.53. The fourth-order valence-corrected chi connectivity index (χ4v) is 2.88. The van der Waals surface area contributed by atoms with Crippen LogP contribution < -0.4 is 11.3 Å². The Kier molecular flexibility index (Phi) is 4.98. The molecule has 112 valence electrons. The number of carbonyl (C=O) groups excluding carboxylic acids is 1. The van der Waals surface area contributed by atoms with Gasteiger partial charge in [0.15, 0.2) is 0 Å². The molecule has 0 spiro atoms. The third-order valence-corrected chi connectivity index (χ3v) is 4.21. The van der Waals surface area contributed by atoms with Crippen molar-refractivity contribution in [3.05, 3.63) is 51.7 Å². The number of hydrogen-bond donors (Lipinski definition) is 2. The lowest BCUT2D eigenvalue weighted by Crippen LogP contribution is -2.36. The van der Waals surface area contributed by atoms with Crippen LogP contribution in [0.3, 0.4) is 0 Å². The predicted molar refractivity (Wildman–Crippen MR) is 88.3 cm³/mol. The Hall–Kier alpha value is -1.85. The first kappa shape index (κ1) is 15.5. The van der Waals surface area contributed by atoms with Gasteiger partial charge in [0.25, 0.3) is 5.91 Å². The van der Waals surface area contributed by atoms with Gasteiger partial charge in [-0.25, -0.2) is 0 Å². The molecule has 0 fully saturated rings. The number of anilines is 1. The molecule has 0 saturated carbocycles. The van der Waals surface area contributed by atoms with Gasteiger partial charge in [-0.15, -0.1) is 11.3 Å². The molecule has 0 aliphatic heterocycles. The van der Waals surface area contributed by atoms with E-state index in [0.717, 1.165) is 5.56 Å². The summed E-state index contributed by atoms with van der Waals surface area (Å²) in [6.07, 6.45) is 0. The second-order valence-electron chi connectivity index (χ2n) is 5.30. The average molecular weight is 303 g/mol. The van der Waals surface area contributed by atoms with Crippen LogP contribution in [-0.2, 0) is 6.54 Å². The maximum atomic E-state index is 12.9. The van der Waals surface area contributed by atoms with Crippen LogP contribution in [0.4, 0.5) is 5.69 Å². The molecule has 0 aliphatic rings. The molecule has 2 rings (SSSR count). The lowest BCUT2D eigenvalue weighted by atomic mass is 10.1. The van der Waals surface area contributed by atoms with E-state index in [1.54, 1.807) is 11.3 Å². The lowest BCUT2D eigenvalue weighted by Gasteiger charge is -2.27. The van der Waals surface area contributed by atoms with Gasteiger partial charge in [0.05, 0.1) is 17.8 Å². The zero-order chi connectivity index (χ0) is 15.4. The number of aryl methyl sites for hydroxylation is 1. The highest BCUT2D eigenvalue weighted by Gasteiger charge is 2.22. The number of benzene rings is 1. The molecule has 1 heterocycles. The summed E-state index contributed by atoms with van der Waals surface area (Å²) in [4.78, 5) is 15.9. The number of nitrogens with two attached hydrogens (primary N) is 1. The van der Waals surface area contributed by atoms with Gasteiger partial charge in [-0.3, -0.25) is 10.6 Å². The van der Waals surface area contributed by atoms with E-state index in [1.807, 2.05) is 61.4 Å². The van der Waals surface area contributed by atoms with Gasteiger partial charge in [0.1, 0.15) is 0 Å². The molecule has 0 aliphatic carbocycles. The summed E-state index contributed by atoms with van der Waals surface area (Å²) in [5, 5.41) is 2.03. The summed E-state index contributed by atoms with van der Waals surface area (Å²) < 4.78 is 0. The molecule has 2 aromatic rings. The SMILES string of the molecule is Cc1ccc(NN)c(C(=O)N(Cc2cccs2)C(C)C)c1. The molecule has 3 N–H and O–H groups in total. The number of nitrogens with zero attached hydrogens (tertiary/aromatic N) is 1. The Labute approximate surface area is 129 Å². The van der Waals surface area contributed by atoms with Gasteiger partial charge in [-0.2, -0.15) is 0 Å². The van der Waals surface area contributed by atoms with E-state index in [2.05, 4.69) is 5.43 Å². The number of hydrogen-bond acceptors (Lipinski definition) is 4. The first-order valence-corrected chi connectivity index (χ1v) is 7.81. The Balaban J connectivity index is 2.32. The number of amides is 1. The average Bonchev–Trinajstić information content (AvgIpc) is 2.96. The van der Waals surface area contributed by atoms with E-state index >= 15 is 0 Å². The lowest BCUT2D eigenvalue weighted by molar-refractivity contribution is 0.0693. The molecule has 0 saturated heterocycles. The van der Waals surface area contributed by atoms with Crippen LogP contribution in [-0.4, -0.2) is 16.8 Å². The largest absolute Gasteiger partial charge is 0.331 e. The van der Waals surface area contributed by atoms with Gasteiger partial charge in [0, 0.05) is 10.9 Å². The van der Waals surface area contributed by atoms with E-state index in [1.165, 1.54) is 4.88 Å². The number of thiophene rings is 1. The standard InChI is InChI=1S/C16H21N3OS/c1-11(2)19(10-13-5-4-8-21-13)16(20)14-9-12(3)6-7-15(14)18-17/h4-9,11,18H,10,17H2,1-3H3. The molecule has 0 unspecified atom stereocenters. The summed E-state index contributed by atoms with van der Waals surface area (Å²) in [5.41, 5.74) is 4.92. The van der Waals surface area contributed by atoms with Gasteiger partial charge >= 0.3 is 0 Å². The summed E-state index contributed by atoms with van der Waals surface area (Å²) >= 11 is 1.66. The van der Waals surface area contributed by atoms with Gasteiger partial charge in [0.2, 0.25) is 0 Å². The van der Waals surface area contributed by atoms with Crippen LogP contribution in [0.2, 0.25) is 0 Å². The zero-order valence-corrected chi connectivity index (χ0v) is 13.4. The number of hydrazine groups is 1. The Morgan fingerprint density at radius 3 is 2.71 bits per heavy atom. The minimum absolute atomic E-state index is 0.00458. The molecule has 0 bridgehead atoms. The van der Waals surface area contributed by atoms with Crippen molar-refractivity contribution in [3.63, 3.8) is 0 Å². The Bertz CT molecular complexity index is 608. The second kappa shape index (κ2) is 6.74. The Morgan fingerprint density at radius 2 is 2.14 bits per heavy atom. The topological polar surface area (TPSA) is 58.4 Å². The number of nitrogens with one attached hydrogen (secondary N) is 1. The maximum Gasteiger partial charge on any atom is 0.256 e. The van der Waals surface area contributed by atoms with Crippen LogP contribution >= 0.6 is 11.3 Å². The van der Waals surface area contributed by atoms with Crippen molar-refractivity contribution in [1.82, 2.24) is 4.90 Å². The van der Waals surface area contributed by atoms with Crippen molar-refractivity contribution in [2.24, 2.45) is 5.84 Å². The van der Waals surface area contributed by atoms with E-state index in [4.69, 9.17) is 5.84 Å². The first-order chi connectivity index (χ1) is 10.0. The molecular formula is C16H21N3OS. The summed E-state index contributed by atoms with van der Waals surface area (Å²) in [6, 6.07) is 9.82. The molecule has 0 radical (unpaired) electrons. The molecular weight excluding hydrogens is 282 g/mol. The van der Waals surface area contributed by atoms with Crippen LogP contribution in [0.5, 0.6) is 0 Å². The molecule has 21 heavy (non-hydrogen) atoms. The number of rotatable bonds is 5. The number of nitrogen functional groups attached to an aromatic ring is 1. The van der Waals surface area contributed by atoms with Crippen molar-refractivity contribution in [3.8, 4) is 0 Å². The zero-order valence-electron chi connectivity index (χ0n) is 12.6. The molecule has 4 nitrogen and oxygen atoms in total. The van der Waals surface area contributed by atoms with Crippen LogP contribution in [0.25, 0.3) is 0 Å². The number of carbonyl (C=O) groups is 1. The molecule has 1 aromatic heterocycles. The first-order valence-electron chi connectivity index (χ1n) is 6.93. The Morgan fingerprint density at radius 1 is 1.38 bits per heavy atom. The predicted octanol–water partition coefficient (Wildman–Crippen LogP) is 3.39. The highest BCUT2D eigenvalue weighted by atomic mass is 32.1. The van der Waals surface area contributed by atoms with Crippen molar-refractivity contribution < 1.29 is 4.79 Å². The van der Waals surface area contributed by atoms with Crippen molar-refractivity contribution in [2.45, 2.75) is 33.4 Å². The minimum Gasteiger partial charge on any atom is -0.331 e. The van der Waals surface area contributed by atoms with E-state index in [9.17, 15) is 4.79 Å². The monoisotopic (exact) mass is 303 g/mol. The molecule has 5 heteroatoms. The fourth-order valence-electron chi connectivity index (χ4n) is 2.17. The highest BCUT2D eigenvalue weighted by molar-refractivity contribution is 7.09. The van der Waals surface area contributed by atoms with Crippen molar-refractivity contribution in [1.29, 1.82) is 0 Å². The van der Waals surface area contributed by atoms with Gasteiger partial charge in [-0.1, -0.05) is 17.7 Å². The van der Waals surface area contributed by atoms with Crippen LogP contribution in [0, 0.1) is 6.92 Å². The van der Waals surface area contributed by atoms with Crippen LogP contribution in [0.1, 0.15) is 34.6 Å². The van der Waals surface area contributed by atoms with Gasteiger partial charge < -0.3 is 10.3 Å². The molecule has 0 atom stereocenters. The van der Waals surface area contributed by atoms with E-state index in [-0.39, 0.29) is 11.9 Å². The highest BCUT2D eigenvalue weighted by Crippen LogP contribution is 2.22. The van der Waals surface area contributed by atoms with Crippen molar-refractivity contribution >= 4 is 22.9 Å². The third-order valence-electron chi connectivity index (χ3n) is 3.35. The third kappa shape index (κ3) is 3.62. The minimum atomic E-state index is -0.00458. The smallest absolute Gasteiger partial charge is 0.256 e. The second-order valence-corrected chi connectivity index (χ2v) is 6.33. The molecule has 1 aromatic carbocycles. The summed E-state index contributed by atoms with van der Waals surface area (Å²) in [6.45, 7) is 6.63. The van der Waals surface area contributed by atoms with E-state index < -0.39 is 0 Å². The summed E-state index contributed by atoms with van der Waals surface area (Å²) in [7, 11) is 0. The van der Waals surface area contributed by atoms with Crippen molar-refractivity contribution in [2.75, 3.05) is 5.43 Å². The fraction of sp³-hybridized carbons (Fsp3) is 0.312.